The molecule has 0 saturated heterocycles. The molecule has 0 N–H and O–H groups in total. The summed E-state index contributed by atoms with van der Waals surface area (Å²) in [6.45, 7) is 0. The number of nitrogens with zero attached hydrogens (tertiary/aromatic N) is 3. The van der Waals surface area contributed by atoms with Crippen molar-refractivity contribution in [3.05, 3.63) is 200 Å². The first-order valence-corrected chi connectivity index (χ1v) is 19.7. The predicted molar refractivity (Wildman–Crippen MR) is 241 cm³/mol. The Bertz CT molecular complexity index is 3660. The summed E-state index contributed by atoms with van der Waals surface area (Å²) in [4.78, 5) is 0. The van der Waals surface area contributed by atoms with Crippen molar-refractivity contribution in [1.29, 1.82) is 0 Å². The summed E-state index contributed by atoms with van der Waals surface area (Å²) in [5, 5.41) is 10.2. The van der Waals surface area contributed by atoms with Crippen molar-refractivity contribution < 1.29 is 0 Å². The average Bonchev–Trinajstić information content (AvgIpc) is 4.00. The quantitative estimate of drug-likeness (QED) is 0.172. The molecule has 0 saturated carbocycles. The fourth-order valence-electron chi connectivity index (χ4n) is 9.88. The van der Waals surface area contributed by atoms with Gasteiger partial charge < -0.3 is 13.5 Å². The van der Waals surface area contributed by atoms with Gasteiger partial charge in [-0.05, 0) is 107 Å². The highest BCUT2D eigenvalue weighted by molar-refractivity contribution is 6.24. The van der Waals surface area contributed by atoms with Crippen LogP contribution in [0, 0.1) is 0 Å². The van der Waals surface area contributed by atoms with Gasteiger partial charge in [-0.3, -0.25) is 0 Å². The zero-order valence-electron chi connectivity index (χ0n) is 30.9. The van der Waals surface area contributed by atoms with E-state index in [9.17, 15) is 0 Å². The highest BCUT2D eigenvalue weighted by atomic mass is 15.0. The third-order valence-corrected chi connectivity index (χ3v) is 12.3. The topological polar surface area (TPSA) is 14.3 Å². The molecule has 9 aromatic carbocycles. The van der Waals surface area contributed by atoms with E-state index >= 15 is 0 Å². The van der Waals surface area contributed by atoms with E-state index < -0.39 is 0 Å². The Morgan fingerprint density at radius 3 is 1.21 bits per heavy atom. The molecule has 3 nitrogen and oxygen atoms in total. The molecule has 264 valence electrons. The Labute approximate surface area is 327 Å². The zero-order chi connectivity index (χ0) is 37.2. The summed E-state index contributed by atoms with van der Waals surface area (Å²) < 4.78 is 7.26. The van der Waals surface area contributed by atoms with Crippen molar-refractivity contribution in [1.82, 2.24) is 13.5 Å². The second kappa shape index (κ2) is 11.5. The highest BCUT2D eigenvalue weighted by Gasteiger charge is 2.20. The molecule has 0 spiro atoms. The second-order valence-corrected chi connectivity index (χ2v) is 15.3. The minimum Gasteiger partial charge on any atom is -0.309 e. The van der Waals surface area contributed by atoms with E-state index in [1.165, 1.54) is 110 Å². The van der Waals surface area contributed by atoms with Gasteiger partial charge in [-0.2, -0.15) is 0 Å². The van der Waals surface area contributed by atoms with Gasteiger partial charge in [-0.15, -0.1) is 0 Å². The lowest BCUT2D eigenvalue weighted by atomic mass is 9.98. The molecule has 0 bridgehead atoms. The normalized spacial score (nSPS) is 12.2. The maximum Gasteiger partial charge on any atom is 0.0620 e. The summed E-state index contributed by atoms with van der Waals surface area (Å²) in [5.41, 5.74) is 15.8. The SMILES string of the molecule is c1ccc(-n2c3ccccc3c3cc(-c4cccc(-n5c6ccccc6c6cc(-c7cc8c9ccccc9n9c%10ccccc%10c(c7)c89)ccc65)c4)ccc32)cc1. The van der Waals surface area contributed by atoms with Crippen LogP contribution in [0.25, 0.3) is 115 Å². The molecule has 0 atom stereocenters. The molecule has 0 radical (unpaired) electrons. The molecule has 0 aliphatic rings. The first-order valence-electron chi connectivity index (χ1n) is 19.7. The summed E-state index contributed by atoms with van der Waals surface area (Å²) in [7, 11) is 0. The van der Waals surface area contributed by atoms with Crippen LogP contribution in [0.5, 0.6) is 0 Å². The number of aromatic nitrogens is 3. The Kier molecular flexibility index (Phi) is 6.16. The molecule has 0 aliphatic heterocycles. The van der Waals surface area contributed by atoms with Crippen LogP contribution in [0.15, 0.2) is 200 Å². The number of para-hydroxylation sites is 5. The van der Waals surface area contributed by atoms with Gasteiger partial charge in [0.15, 0.2) is 0 Å². The van der Waals surface area contributed by atoms with Crippen LogP contribution in [0.4, 0.5) is 0 Å². The van der Waals surface area contributed by atoms with Crippen molar-refractivity contribution in [3.63, 3.8) is 0 Å². The minimum atomic E-state index is 1.15. The lowest BCUT2D eigenvalue weighted by Gasteiger charge is -2.11. The van der Waals surface area contributed by atoms with Gasteiger partial charge >= 0.3 is 0 Å². The first-order chi connectivity index (χ1) is 28.3. The summed E-state index contributed by atoms with van der Waals surface area (Å²) in [6.07, 6.45) is 0. The van der Waals surface area contributed by atoms with Crippen LogP contribution < -0.4 is 0 Å². The van der Waals surface area contributed by atoms with Crippen LogP contribution in [-0.2, 0) is 0 Å². The van der Waals surface area contributed by atoms with Crippen molar-refractivity contribution >= 4 is 81.7 Å². The maximum absolute atomic E-state index is 2.45. The fourth-order valence-corrected chi connectivity index (χ4v) is 9.88. The molecule has 0 fully saturated rings. The van der Waals surface area contributed by atoms with Gasteiger partial charge in [0, 0.05) is 54.5 Å². The summed E-state index contributed by atoms with van der Waals surface area (Å²) in [6, 6.07) is 73.7. The third-order valence-electron chi connectivity index (χ3n) is 12.3. The van der Waals surface area contributed by atoms with Crippen LogP contribution in [0.1, 0.15) is 0 Å². The Morgan fingerprint density at radius 1 is 0.228 bits per heavy atom. The predicted octanol–water partition coefficient (Wildman–Crippen LogP) is 14.4. The number of hydrogen-bond acceptors (Lipinski definition) is 0. The number of fused-ring (bicyclic) bond motifs is 12. The lowest BCUT2D eigenvalue weighted by molar-refractivity contribution is 1.18. The Balaban J connectivity index is 0.977. The van der Waals surface area contributed by atoms with Crippen molar-refractivity contribution in [2.24, 2.45) is 0 Å². The van der Waals surface area contributed by atoms with Crippen LogP contribution in [0.2, 0.25) is 0 Å². The van der Waals surface area contributed by atoms with Crippen LogP contribution in [-0.4, -0.2) is 13.5 Å². The largest absolute Gasteiger partial charge is 0.309 e. The van der Waals surface area contributed by atoms with Gasteiger partial charge in [-0.25, -0.2) is 0 Å². The molecule has 4 aromatic heterocycles. The number of rotatable bonds is 4. The fraction of sp³-hybridized carbons (Fsp3) is 0. The molecule has 0 unspecified atom stereocenters. The molecular formula is C54H33N3. The van der Waals surface area contributed by atoms with Crippen molar-refractivity contribution in [2.75, 3.05) is 0 Å². The van der Waals surface area contributed by atoms with Crippen molar-refractivity contribution in [3.8, 4) is 33.6 Å². The monoisotopic (exact) mass is 723 g/mol. The van der Waals surface area contributed by atoms with Gasteiger partial charge in [0.1, 0.15) is 0 Å². The minimum absolute atomic E-state index is 1.15. The number of hydrogen-bond donors (Lipinski definition) is 0. The number of benzene rings is 9. The molecule has 57 heavy (non-hydrogen) atoms. The first kappa shape index (κ1) is 30.7. The van der Waals surface area contributed by atoms with E-state index in [1.54, 1.807) is 0 Å². The molecule has 3 heteroatoms. The van der Waals surface area contributed by atoms with E-state index in [0.717, 1.165) is 5.69 Å². The highest BCUT2D eigenvalue weighted by Crippen LogP contribution is 2.43. The van der Waals surface area contributed by atoms with Gasteiger partial charge in [0.25, 0.3) is 0 Å². The lowest BCUT2D eigenvalue weighted by Crippen LogP contribution is -1.94. The van der Waals surface area contributed by atoms with Crippen molar-refractivity contribution in [2.45, 2.75) is 0 Å². The van der Waals surface area contributed by atoms with E-state index in [0.29, 0.717) is 0 Å². The van der Waals surface area contributed by atoms with E-state index in [-0.39, 0.29) is 0 Å². The van der Waals surface area contributed by atoms with Crippen LogP contribution >= 0.6 is 0 Å². The van der Waals surface area contributed by atoms with Gasteiger partial charge in [0.05, 0.1) is 38.6 Å². The van der Waals surface area contributed by atoms with Gasteiger partial charge in [0.2, 0.25) is 0 Å². The molecule has 13 aromatic rings. The molecule has 0 aliphatic carbocycles. The summed E-state index contributed by atoms with van der Waals surface area (Å²) >= 11 is 0. The Hall–Kier alpha value is -7.62. The van der Waals surface area contributed by atoms with Crippen LogP contribution in [0.3, 0.4) is 0 Å². The standard InChI is InChI=1S/C54H33N3/c1-2-14-38(15-3-1)55-48-21-8-4-17-40(48)44-30-35(25-27-52(44)55)34-13-12-16-39(29-34)56-49-22-9-5-18-41(49)45-31-36(26-28-53(45)56)37-32-46-42-19-6-10-23-50(42)57-51-24-11-7-20-43(51)47(33-37)54(46)57/h1-33H. The molecule has 0 amide bonds. The van der Waals surface area contributed by atoms with E-state index in [1.807, 2.05) is 0 Å². The third kappa shape index (κ3) is 4.26. The molecular weight excluding hydrogens is 691 g/mol. The Morgan fingerprint density at radius 2 is 0.632 bits per heavy atom. The van der Waals surface area contributed by atoms with Gasteiger partial charge in [-0.1, -0.05) is 115 Å². The molecule has 13 rings (SSSR count). The smallest absolute Gasteiger partial charge is 0.0620 e. The second-order valence-electron chi connectivity index (χ2n) is 15.3. The van der Waals surface area contributed by atoms with E-state index in [4.69, 9.17) is 0 Å². The zero-order valence-corrected chi connectivity index (χ0v) is 30.9. The van der Waals surface area contributed by atoms with E-state index in [2.05, 4.69) is 214 Å². The maximum atomic E-state index is 2.45. The summed E-state index contributed by atoms with van der Waals surface area (Å²) in [5.74, 6) is 0. The molecule has 4 heterocycles. The average molecular weight is 724 g/mol.